The highest BCUT2D eigenvalue weighted by Crippen LogP contribution is 2.07. The summed E-state index contributed by atoms with van der Waals surface area (Å²) in [5.74, 6) is 0.420. The molecule has 1 aromatic heterocycles. The molecule has 1 amide bonds. The van der Waals surface area contributed by atoms with Crippen LogP contribution in [-0.2, 0) is 18.4 Å². The van der Waals surface area contributed by atoms with Crippen molar-refractivity contribution in [3.05, 3.63) is 18.0 Å². The monoisotopic (exact) mass is 238 g/mol. The molecule has 17 heavy (non-hydrogen) atoms. The zero-order chi connectivity index (χ0) is 13.0. The first-order valence-electron chi connectivity index (χ1n) is 5.88. The van der Waals surface area contributed by atoms with Crippen molar-refractivity contribution in [2.45, 2.75) is 32.9 Å². The average molecular weight is 238 g/mol. The second kappa shape index (κ2) is 5.82. The molecular formula is C12H22N4O. The Kier molecular flexibility index (Phi) is 4.69. The van der Waals surface area contributed by atoms with Crippen LogP contribution in [0.3, 0.4) is 0 Å². The van der Waals surface area contributed by atoms with Crippen molar-refractivity contribution in [2.75, 3.05) is 7.05 Å². The highest BCUT2D eigenvalue weighted by atomic mass is 16.2. The van der Waals surface area contributed by atoms with Crippen LogP contribution in [0.4, 0.5) is 0 Å². The largest absolute Gasteiger partial charge is 0.340 e. The van der Waals surface area contributed by atoms with Gasteiger partial charge in [-0.3, -0.25) is 9.48 Å². The lowest BCUT2D eigenvalue weighted by atomic mass is 10.0. The molecule has 0 bridgehead atoms. The number of hydrogen-bond acceptors (Lipinski definition) is 3. The number of nitrogens with zero attached hydrogens (tertiary/aromatic N) is 3. The fourth-order valence-corrected chi connectivity index (χ4v) is 1.80. The van der Waals surface area contributed by atoms with Crippen LogP contribution in [0, 0.1) is 5.92 Å². The third-order valence-electron chi connectivity index (χ3n) is 2.60. The van der Waals surface area contributed by atoms with E-state index in [9.17, 15) is 4.79 Å². The Bertz CT molecular complexity index is 372. The Morgan fingerprint density at radius 2 is 2.24 bits per heavy atom. The molecule has 0 aliphatic heterocycles. The van der Waals surface area contributed by atoms with Gasteiger partial charge < -0.3 is 10.6 Å². The Morgan fingerprint density at radius 1 is 1.59 bits per heavy atom. The first-order valence-corrected chi connectivity index (χ1v) is 5.88. The Hall–Kier alpha value is -1.36. The molecule has 0 spiro atoms. The number of nitrogens with two attached hydrogens (primary N) is 1. The number of likely N-dealkylation sites (N-methyl/N-ethyl adjacent to an activating group) is 1. The standard InChI is InChI=1S/C12H22N4O/c1-9(2)5-11(13)12(17)15(3)7-10-6-14-16(4)8-10/h6,8-9,11H,5,7,13H2,1-4H3/t11-/m1/s1. The van der Waals surface area contributed by atoms with E-state index in [4.69, 9.17) is 5.73 Å². The van der Waals surface area contributed by atoms with E-state index in [1.54, 1.807) is 22.8 Å². The van der Waals surface area contributed by atoms with Gasteiger partial charge in [0, 0.05) is 32.4 Å². The lowest BCUT2D eigenvalue weighted by Crippen LogP contribution is -2.42. The van der Waals surface area contributed by atoms with Crippen molar-refractivity contribution in [3.63, 3.8) is 0 Å². The third-order valence-corrected chi connectivity index (χ3v) is 2.60. The molecule has 0 fully saturated rings. The van der Waals surface area contributed by atoms with Gasteiger partial charge in [0.05, 0.1) is 12.2 Å². The van der Waals surface area contributed by atoms with Crippen molar-refractivity contribution in [1.29, 1.82) is 0 Å². The predicted octanol–water partition coefficient (Wildman–Crippen LogP) is 0.752. The van der Waals surface area contributed by atoms with E-state index >= 15 is 0 Å². The van der Waals surface area contributed by atoms with Gasteiger partial charge in [0.15, 0.2) is 0 Å². The van der Waals surface area contributed by atoms with E-state index in [2.05, 4.69) is 18.9 Å². The number of carbonyl (C=O) groups is 1. The van der Waals surface area contributed by atoms with Crippen LogP contribution >= 0.6 is 0 Å². The minimum Gasteiger partial charge on any atom is -0.340 e. The molecule has 1 atom stereocenters. The Morgan fingerprint density at radius 3 is 2.71 bits per heavy atom. The Balaban J connectivity index is 2.52. The van der Waals surface area contributed by atoms with E-state index in [-0.39, 0.29) is 5.91 Å². The summed E-state index contributed by atoms with van der Waals surface area (Å²) >= 11 is 0. The first kappa shape index (κ1) is 13.7. The normalized spacial score (nSPS) is 12.8. The number of carbonyl (C=O) groups excluding carboxylic acids is 1. The summed E-state index contributed by atoms with van der Waals surface area (Å²) in [6.45, 7) is 4.68. The lowest BCUT2D eigenvalue weighted by Gasteiger charge is -2.21. The molecule has 0 aliphatic carbocycles. The molecule has 2 N–H and O–H groups in total. The second-order valence-corrected chi connectivity index (χ2v) is 4.95. The molecule has 0 aromatic carbocycles. The summed E-state index contributed by atoms with van der Waals surface area (Å²) in [7, 11) is 3.63. The number of aryl methyl sites for hydroxylation is 1. The van der Waals surface area contributed by atoms with Gasteiger partial charge in [0.2, 0.25) is 5.91 Å². The van der Waals surface area contributed by atoms with E-state index in [1.807, 2.05) is 13.2 Å². The summed E-state index contributed by atoms with van der Waals surface area (Å²) in [5.41, 5.74) is 6.88. The van der Waals surface area contributed by atoms with Gasteiger partial charge in [-0.05, 0) is 12.3 Å². The maximum Gasteiger partial charge on any atom is 0.239 e. The van der Waals surface area contributed by atoms with E-state index in [0.717, 1.165) is 12.0 Å². The SMILES string of the molecule is CC(C)C[C@@H](N)C(=O)N(C)Cc1cnn(C)c1. The molecule has 0 unspecified atom stereocenters. The maximum absolute atomic E-state index is 12.0. The summed E-state index contributed by atoms with van der Waals surface area (Å²) in [6, 6.07) is -0.406. The zero-order valence-corrected chi connectivity index (χ0v) is 11.1. The predicted molar refractivity (Wildman–Crippen MR) is 67.1 cm³/mol. The second-order valence-electron chi connectivity index (χ2n) is 4.95. The number of aromatic nitrogens is 2. The fourth-order valence-electron chi connectivity index (χ4n) is 1.80. The molecule has 0 saturated heterocycles. The molecule has 0 saturated carbocycles. The molecular weight excluding hydrogens is 216 g/mol. The molecule has 5 nitrogen and oxygen atoms in total. The molecule has 0 radical (unpaired) electrons. The zero-order valence-electron chi connectivity index (χ0n) is 11.1. The lowest BCUT2D eigenvalue weighted by molar-refractivity contribution is -0.132. The van der Waals surface area contributed by atoms with Crippen LogP contribution in [-0.4, -0.2) is 33.7 Å². The number of rotatable bonds is 5. The van der Waals surface area contributed by atoms with Gasteiger partial charge in [-0.25, -0.2) is 0 Å². The minimum atomic E-state index is -0.406. The van der Waals surface area contributed by atoms with Gasteiger partial charge in [0.25, 0.3) is 0 Å². The average Bonchev–Trinajstić information content (AvgIpc) is 2.61. The summed E-state index contributed by atoms with van der Waals surface area (Å²) in [4.78, 5) is 13.6. The maximum atomic E-state index is 12.0. The Labute approximate surface area is 103 Å². The topological polar surface area (TPSA) is 64.2 Å². The van der Waals surface area contributed by atoms with Gasteiger partial charge in [0.1, 0.15) is 0 Å². The summed E-state index contributed by atoms with van der Waals surface area (Å²) in [5, 5.41) is 4.07. The van der Waals surface area contributed by atoms with Crippen LogP contribution in [0.25, 0.3) is 0 Å². The highest BCUT2D eigenvalue weighted by Gasteiger charge is 2.19. The van der Waals surface area contributed by atoms with Crippen LogP contribution in [0.5, 0.6) is 0 Å². The van der Waals surface area contributed by atoms with Crippen molar-refractivity contribution in [1.82, 2.24) is 14.7 Å². The highest BCUT2D eigenvalue weighted by molar-refractivity contribution is 5.81. The first-order chi connectivity index (χ1) is 7.90. The summed E-state index contributed by atoms with van der Waals surface area (Å²) < 4.78 is 1.72. The smallest absolute Gasteiger partial charge is 0.239 e. The fraction of sp³-hybridized carbons (Fsp3) is 0.667. The number of amides is 1. The van der Waals surface area contributed by atoms with Crippen LogP contribution in [0.1, 0.15) is 25.8 Å². The van der Waals surface area contributed by atoms with Gasteiger partial charge >= 0.3 is 0 Å². The van der Waals surface area contributed by atoms with E-state index in [0.29, 0.717) is 12.5 Å². The van der Waals surface area contributed by atoms with Gasteiger partial charge in [-0.1, -0.05) is 13.8 Å². The third kappa shape index (κ3) is 4.19. The molecule has 5 heteroatoms. The van der Waals surface area contributed by atoms with Crippen molar-refractivity contribution in [2.24, 2.45) is 18.7 Å². The summed E-state index contributed by atoms with van der Waals surface area (Å²) in [6.07, 6.45) is 4.38. The van der Waals surface area contributed by atoms with Crippen molar-refractivity contribution >= 4 is 5.91 Å². The molecule has 0 aliphatic rings. The molecule has 1 heterocycles. The molecule has 96 valence electrons. The van der Waals surface area contributed by atoms with Gasteiger partial charge in [-0.2, -0.15) is 5.10 Å². The number of hydrogen-bond donors (Lipinski definition) is 1. The van der Waals surface area contributed by atoms with Crippen LogP contribution in [0.15, 0.2) is 12.4 Å². The van der Waals surface area contributed by atoms with Crippen molar-refractivity contribution < 1.29 is 4.79 Å². The minimum absolute atomic E-state index is 0.0115. The van der Waals surface area contributed by atoms with Gasteiger partial charge in [-0.15, -0.1) is 0 Å². The van der Waals surface area contributed by atoms with E-state index in [1.165, 1.54) is 0 Å². The molecule has 1 rings (SSSR count). The van der Waals surface area contributed by atoms with Crippen molar-refractivity contribution in [3.8, 4) is 0 Å². The van der Waals surface area contributed by atoms with Crippen LogP contribution < -0.4 is 5.73 Å². The molecule has 1 aromatic rings. The quantitative estimate of drug-likeness (QED) is 0.823. The van der Waals surface area contributed by atoms with Crippen LogP contribution in [0.2, 0.25) is 0 Å². The van der Waals surface area contributed by atoms with E-state index < -0.39 is 6.04 Å².